The van der Waals surface area contributed by atoms with Gasteiger partial charge in [-0.25, -0.2) is 0 Å². The van der Waals surface area contributed by atoms with Crippen LogP contribution < -0.4 is 10.1 Å². The minimum Gasteiger partial charge on any atom is -0.496 e. The molecule has 1 aromatic carbocycles. The lowest BCUT2D eigenvalue weighted by Crippen LogP contribution is -2.56. The van der Waals surface area contributed by atoms with Gasteiger partial charge in [0, 0.05) is 13.1 Å². The van der Waals surface area contributed by atoms with Gasteiger partial charge in [-0.15, -0.1) is 0 Å². The van der Waals surface area contributed by atoms with Gasteiger partial charge >= 0.3 is 0 Å². The van der Waals surface area contributed by atoms with E-state index in [1.807, 2.05) is 25.1 Å². The Bertz CT molecular complexity index is 528. The SMILES string of the molecule is COc1ccc(CC(=O)N2CCNC(=O)C2C)cc1C. The molecule has 2 amide bonds. The summed E-state index contributed by atoms with van der Waals surface area (Å²) in [5, 5.41) is 2.76. The van der Waals surface area contributed by atoms with Crippen LogP contribution in [-0.2, 0) is 16.0 Å². The predicted molar refractivity (Wildman–Crippen MR) is 75.6 cm³/mol. The molecule has 0 bridgehead atoms. The normalized spacial score (nSPS) is 18.6. The fraction of sp³-hybridized carbons (Fsp3) is 0.467. The lowest BCUT2D eigenvalue weighted by atomic mass is 10.1. The molecule has 1 atom stereocenters. The van der Waals surface area contributed by atoms with Crippen molar-refractivity contribution < 1.29 is 14.3 Å². The van der Waals surface area contributed by atoms with E-state index in [0.717, 1.165) is 16.9 Å². The summed E-state index contributed by atoms with van der Waals surface area (Å²) < 4.78 is 5.20. The van der Waals surface area contributed by atoms with Gasteiger partial charge < -0.3 is 15.0 Å². The molecule has 1 fully saturated rings. The topological polar surface area (TPSA) is 58.6 Å². The van der Waals surface area contributed by atoms with Crippen molar-refractivity contribution >= 4 is 11.8 Å². The van der Waals surface area contributed by atoms with E-state index in [-0.39, 0.29) is 11.8 Å². The standard InChI is InChI=1S/C15H20N2O3/c1-10-8-12(4-5-13(10)20-3)9-14(18)17-7-6-16-15(19)11(17)2/h4-5,8,11H,6-7,9H2,1-3H3,(H,16,19). The molecule has 1 unspecified atom stereocenters. The Morgan fingerprint density at radius 1 is 1.50 bits per heavy atom. The lowest BCUT2D eigenvalue weighted by Gasteiger charge is -2.33. The van der Waals surface area contributed by atoms with Crippen molar-refractivity contribution in [1.82, 2.24) is 10.2 Å². The fourth-order valence-electron chi connectivity index (χ4n) is 2.45. The van der Waals surface area contributed by atoms with Crippen LogP contribution in [0.5, 0.6) is 5.75 Å². The molecule has 1 aromatic rings. The average molecular weight is 276 g/mol. The maximum Gasteiger partial charge on any atom is 0.242 e. The third kappa shape index (κ3) is 2.92. The summed E-state index contributed by atoms with van der Waals surface area (Å²) >= 11 is 0. The Morgan fingerprint density at radius 3 is 2.90 bits per heavy atom. The molecular formula is C15H20N2O3. The molecule has 0 radical (unpaired) electrons. The van der Waals surface area contributed by atoms with Gasteiger partial charge in [-0.1, -0.05) is 12.1 Å². The average Bonchev–Trinajstić information content (AvgIpc) is 2.42. The molecule has 1 saturated heterocycles. The minimum atomic E-state index is -0.393. The number of nitrogens with one attached hydrogen (secondary N) is 1. The van der Waals surface area contributed by atoms with Crippen molar-refractivity contribution in [2.75, 3.05) is 20.2 Å². The van der Waals surface area contributed by atoms with Gasteiger partial charge in [0.15, 0.2) is 0 Å². The van der Waals surface area contributed by atoms with Crippen molar-refractivity contribution in [3.05, 3.63) is 29.3 Å². The number of carbonyl (C=O) groups excluding carboxylic acids is 2. The molecule has 1 aliphatic heterocycles. The van der Waals surface area contributed by atoms with E-state index in [9.17, 15) is 9.59 Å². The number of benzene rings is 1. The molecular weight excluding hydrogens is 256 g/mol. The summed E-state index contributed by atoms with van der Waals surface area (Å²) in [6.07, 6.45) is 0.308. The number of ether oxygens (including phenoxy) is 1. The molecule has 2 rings (SSSR count). The number of amides is 2. The Hall–Kier alpha value is -2.04. The number of hydrogen-bond acceptors (Lipinski definition) is 3. The van der Waals surface area contributed by atoms with E-state index >= 15 is 0 Å². The van der Waals surface area contributed by atoms with Crippen LogP contribution in [0.15, 0.2) is 18.2 Å². The van der Waals surface area contributed by atoms with Crippen molar-refractivity contribution in [2.24, 2.45) is 0 Å². The van der Waals surface area contributed by atoms with Gasteiger partial charge in [0.25, 0.3) is 0 Å². The zero-order valence-electron chi connectivity index (χ0n) is 12.1. The largest absolute Gasteiger partial charge is 0.496 e. The van der Waals surface area contributed by atoms with Gasteiger partial charge in [-0.05, 0) is 31.0 Å². The second kappa shape index (κ2) is 5.94. The van der Waals surface area contributed by atoms with E-state index in [4.69, 9.17) is 4.74 Å². The Balaban J connectivity index is 2.07. The molecule has 0 spiro atoms. The first kappa shape index (κ1) is 14.4. The monoisotopic (exact) mass is 276 g/mol. The Labute approximate surface area is 118 Å². The van der Waals surface area contributed by atoms with E-state index in [2.05, 4.69) is 5.32 Å². The zero-order chi connectivity index (χ0) is 14.7. The second-order valence-electron chi connectivity index (χ2n) is 5.03. The zero-order valence-corrected chi connectivity index (χ0v) is 12.1. The van der Waals surface area contributed by atoms with Gasteiger partial charge in [0.05, 0.1) is 13.5 Å². The van der Waals surface area contributed by atoms with Crippen LogP contribution in [-0.4, -0.2) is 43.0 Å². The number of hydrogen-bond donors (Lipinski definition) is 1. The van der Waals surface area contributed by atoms with Crippen molar-refractivity contribution in [1.29, 1.82) is 0 Å². The number of rotatable bonds is 3. The highest BCUT2D eigenvalue weighted by atomic mass is 16.5. The van der Waals surface area contributed by atoms with Gasteiger partial charge in [-0.2, -0.15) is 0 Å². The van der Waals surface area contributed by atoms with Crippen LogP contribution in [0.1, 0.15) is 18.1 Å². The van der Waals surface area contributed by atoms with Gasteiger partial charge in [0.1, 0.15) is 11.8 Å². The Kier molecular flexibility index (Phi) is 4.27. The first-order valence-corrected chi connectivity index (χ1v) is 6.73. The molecule has 1 heterocycles. The van der Waals surface area contributed by atoms with E-state index < -0.39 is 6.04 Å². The van der Waals surface area contributed by atoms with Gasteiger partial charge in [-0.3, -0.25) is 9.59 Å². The maximum atomic E-state index is 12.3. The van der Waals surface area contributed by atoms with Crippen LogP contribution in [0.3, 0.4) is 0 Å². The highest BCUT2D eigenvalue weighted by molar-refractivity contribution is 5.89. The number of methoxy groups -OCH3 is 1. The number of carbonyl (C=O) groups is 2. The first-order valence-electron chi connectivity index (χ1n) is 6.73. The molecule has 20 heavy (non-hydrogen) atoms. The molecule has 5 nitrogen and oxygen atoms in total. The molecule has 0 aromatic heterocycles. The smallest absolute Gasteiger partial charge is 0.242 e. The molecule has 108 valence electrons. The third-order valence-electron chi connectivity index (χ3n) is 3.63. The second-order valence-corrected chi connectivity index (χ2v) is 5.03. The summed E-state index contributed by atoms with van der Waals surface area (Å²) in [6, 6.07) is 5.31. The first-order chi connectivity index (χ1) is 9.52. The van der Waals surface area contributed by atoms with Crippen LogP contribution in [0.25, 0.3) is 0 Å². The van der Waals surface area contributed by atoms with Crippen molar-refractivity contribution in [2.45, 2.75) is 26.3 Å². The summed E-state index contributed by atoms with van der Waals surface area (Å²) in [4.78, 5) is 25.5. The quantitative estimate of drug-likeness (QED) is 0.892. The highest BCUT2D eigenvalue weighted by Gasteiger charge is 2.28. The Morgan fingerprint density at radius 2 is 2.25 bits per heavy atom. The van der Waals surface area contributed by atoms with Crippen LogP contribution >= 0.6 is 0 Å². The molecule has 0 aliphatic carbocycles. The molecule has 0 saturated carbocycles. The summed E-state index contributed by atoms with van der Waals surface area (Å²) in [7, 11) is 1.63. The molecule has 1 aliphatic rings. The van der Waals surface area contributed by atoms with Crippen molar-refractivity contribution in [3.8, 4) is 5.75 Å². The fourth-order valence-corrected chi connectivity index (χ4v) is 2.45. The van der Waals surface area contributed by atoms with E-state index in [1.54, 1.807) is 18.9 Å². The maximum absolute atomic E-state index is 12.3. The number of piperazine rings is 1. The van der Waals surface area contributed by atoms with Gasteiger partial charge in [0.2, 0.25) is 11.8 Å². The minimum absolute atomic E-state index is 0.0167. The summed E-state index contributed by atoms with van der Waals surface area (Å²) in [5.74, 6) is 0.708. The third-order valence-corrected chi connectivity index (χ3v) is 3.63. The highest BCUT2D eigenvalue weighted by Crippen LogP contribution is 2.19. The van der Waals surface area contributed by atoms with Crippen LogP contribution in [0, 0.1) is 6.92 Å². The van der Waals surface area contributed by atoms with E-state index in [1.165, 1.54) is 0 Å². The van der Waals surface area contributed by atoms with Crippen molar-refractivity contribution in [3.63, 3.8) is 0 Å². The molecule has 5 heteroatoms. The molecule has 1 N–H and O–H groups in total. The van der Waals surface area contributed by atoms with Crippen LogP contribution in [0.4, 0.5) is 0 Å². The van der Waals surface area contributed by atoms with E-state index in [0.29, 0.717) is 19.5 Å². The number of nitrogens with zero attached hydrogens (tertiary/aromatic N) is 1. The summed E-state index contributed by atoms with van der Waals surface area (Å²) in [5.41, 5.74) is 1.94. The summed E-state index contributed by atoms with van der Waals surface area (Å²) in [6.45, 7) is 4.80. The predicted octanol–water partition coefficient (Wildman–Crippen LogP) is 0.893. The lowest BCUT2D eigenvalue weighted by molar-refractivity contribution is -0.142. The van der Waals surface area contributed by atoms with Crippen LogP contribution in [0.2, 0.25) is 0 Å². The number of aryl methyl sites for hydroxylation is 1.